The highest BCUT2D eigenvalue weighted by Gasteiger charge is 2.67. The number of carbonyl (C=O) groups is 3. The van der Waals surface area contributed by atoms with Crippen LogP contribution in [-0.2, 0) is 14.4 Å². The highest BCUT2D eigenvalue weighted by atomic mass is 35.5. The third-order valence-electron chi connectivity index (χ3n) is 6.68. The molecule has 7 atom stereocenters. The first-order valence-corrected chi connectivity index (χ1v) is 9.61. The van der Waals surface area contributed by atoms with E-state index in [1.807, 2.05) is 0 Å². The summed E-state index contributed by atoms with van der Waals surface area (Å²) in [5.74, 6) is -0.511. The standard InChI is InChI=1S/C20H19ClN2O4/c1-8(18(25)22-14-5-2-9(21)6-15(14)24)23-19(26)16-10-3-4-11(13-7-12(10)13)17(16)20(23)27/h2-6,8,10-13,16-17,24H,7H2,1H3,(H,22,25)/t8-,10+,11+,12+,13+,16-,17-/m1/s1. The second kappa shape index (κ2) is 5.58. The predicted octanol–water partition coefficient (Wildman–Crippen LogP) is 2.43. The van der Waals surface area contributed by atoms with Crippen molar-refractivity contribution in [1.82, 2.24) is 4.90 Å². The molecular formula is C20H19ClN2O4. The van der Waals surface area contributed by atoms with Gasteiger partial charge in [0.2, 0.25) is 17.7 Å². The first-order chi connectivity index (χ1) is 12.9. The van der Waals surface area contributed by atoms with Crippen LogP contribution in [0.25, 0.3) is 0 Å². The largest absolute Gasteiger partial charge is 0.506 e. The number of nitrogens with one attached hydrogen (secondary N) is 1. The van der Waals surface area contributed by atoms with E-state index in [1.54, 1.807) is 6.92 Å². The summed E-state index contributed by atoms with van der Waals surface area (Å²) >= 11 is 5.80. The second-order valence-corrected chi connectivity index (χ2v) is 8.46. The van der Waals surface area contributed by atoms with E-state index in [-0.39, 0.29) is 46.9 Å². The molecule has 6 rings (SSSR count). The van der Waals surface area contributed by atoms with Gasteiger partial charge >= 0.3 is 0 Å². The molecule has 0 radical (unpaired) electrons. The number of phenols is 1. The van der Waals surface area contributed by atoms with Gasteiger partial charge in [-0.1, -0.05) is 23.8 Å². The molecule has 7 heteroatoms. The number of anilines is 1. The average molecular weight is 387 g/mol. The topological polar surface area (TPSA) is 86.7 Å². The number of imide groups is 1. The molecule has 4 aliphatic carbocycles. The number of allylic oxidation sites excluding steroid dienone is 2. The molecule has 3 fully saturated rings. The van der Waals surface area contributed by atoms with Gasteiger partial charge in [-0.05, 0) is 49.1 Å². The molecule has 3 amide bonds. The first-order valence-electron chi connectivity index (χ1n) is 9.23. The number of carbonyl (C=O) groups excluding carboxylic acids is 3. The number of rotatable bonds is 3. The number of benzene rings is 1. The van der Waals surface area contributed by atoms with Gasteiger partial charge in [0, 0.05) is 11.1 Å². The number of phenolic OH excluding ortho intramolecular Hbond substituents is 1. The van der Waals surface area contributed by atoms with Crippen molar-refractivity contribution in [3.05, 3.63) is 35.4 Å². The van der Waals surface area contributed by atoms with E-state index in [0.717, 1.165) is 11.3 Å². The highest BCUT2D eigenvalue weighted by Crippen LogP contribution is 2.65. The molecule has 5 aliphatic rings. The molecule has 27 heavy (non-hydrogen) atoms. The summed E-state index contributed by atoms with van der Waals surface area (Å²) in [7, 11) is 0. The first kappa shape index (κ1) is 16.8. The van der Waals surface area contributed by atoms with Gasteiger partial charge < -0.3 is 10.4 Å². The summed E-state index contributed by atoms with van der Waals surface area (Å²) in [5, 5.41) is 12.8. The minimum absolute atomic E-state index is 0.127. The quantitative estimate of drug-likeness (QED) is 0.474. The van der Waals surface area contributed by atoms with Gasteiger partial charge in [-0.3, -0.25) is 19.3 Å². The Balaban J connectivity index is 1.38. The van der Waals surface area contributed by atoms with Crippen molar-refractivity contribution in [2.45, 2.75) is 19.4 Å². The molecule has 1 heterocycles. The van der Waals surface area contributed by atoms with E-state index in [9.17, 15) is 19.5 Å². The summed E-state index contributed by atoms with van der Waals surface area (Å²) in [6.45, 7) is 1.55. The van der Waals surface area contributed by atoms with E-state index in [1.165, 1.54) is 18.2 Å². The van der Waals surface area contributed by atoms with Crippen molar-refractivity contribution >= 4 is 35.0 Å². The van der Waals surface area contributed by atoms with Crippen molar-refractivity contribution in [1.29, 1.82) is 0 Å². The number of amides is 3. The van der Waals surface area contributed by atoms with Gasteiger partial charge in [-0.2, -0.15) is 0 Å². The third kappa shape index (κ3) is 2.29. The second-order valence-electron chi connectivity index (χ2n) is 8.03. The average Bonchev–Trinajstić information content (AvgIpc) is 3.41. The Morgan fingerprint density at radius 2 is 1.78 bits per heavy atom. The molecule has 0 unspecified atom stereocenters. The monoisotopic (exact) mass is 386 g/mol. The number of aromatic hydroxyl groups is 1. The Morgan fingerprint density at radius 1 is 1.19 bits per heavy atom. The van der Waals surface area contributed by atoms with Crippen LogP contribution in [0.4, 0.5) is 5.69 Å². The van der Waals surface area contributed by atoms with Crippen LogP contribution in [0.2, 0.25) is 5.02 Å². The highest BCUT2D eigenvalue weighted by molar-refractivity contribution is 6.30. The molecule has 0 aromatic heterocycles. The van der Waals surface area contributed by atoms with Crippen LogP contribution in [0, 0.1) is 35.5 Å². The van der Waals surface area contributed by atoms with E-state index in [2.05, 4.69) is 17.5 Å². The smallest absolute Gasteiger partial charge is 0.247 e. The SMILES string of the molecule is C[C@H](C(=O)Nc1ccc(Cl)cc1O)N1C(=O)[C@@H]2[C@H]3C=C[C@@H]([C@@H]4C[C@@H]34)[C@H]2C1=O. The van der Waals surface area contributed by atoms with E-state index >= 15 is 0 Å². The maximum Gasteiger partial charge on any atom is 0.247 e. The van der Waals surface area contributed by atoms with E-state index in [0.29, 0.717) is 16.9 Å². The van der Waals surface area contributed by atoms with Crippen molar-refractivity contribution in [3.63, 3.8) is 0 Å². The summed E-state index contributed by atoms with van der Waals surface area (Å²) < 4.78 is 0. The van der Waals surface area contributed by atoms with E-state index < -0.39 is 11.9 Å². The molecule has 2 bridgehead atoms. The molecule has 1 aromatic rings. The molecule has 1 saturated heterocycles. The lowest BCUT2D eigenvalue weighted by Crippen LogP contribution is -2.46. The van der Waals surface area contributed by atoms with Crippen LogP contribution in [-0.4, -0.2) is 33.8 Å². The molecule has 140 valence electrons. The van der Waals surface area contributed by atoms with Crippen LogP contribution in [0.1, 0.15) is 13.3 Å². The van der Waals surface area contributed by atoms with E-state index in [4.69, 9.17) is 11.6 Å². The minimum atomic E-state index is -0.943. The normalized spacial score (nSPS) is 36.4. The number of halogens is 1. The van der Waals surface area contributed by atoms with Gasteiger partial charge in [0.25, 0.3) is 0 Å². The number of hydrogen-bond acceptors (Lipinski definition) is 4. The molecule has 2 saturated carbocycles. The Bertz CT molecular complexity index is 877. The van der Waals surface area contributed by atoms with Gasteiger partial charge in [-0.15, -0.1) is 0 Å². The van der Waals surface area contributed by atoms with Crippen molar-refractivity contribution in [2.75, 3.05) is 5.32 Å². The summed E-state index contributed by atoms with van der Waals surface area (Å²) in [4.78, 5) is 39.9. The summed E-state index contributed by atoms with van der Waals surface area (Å²) in [5.41, 5.74) is 0.191. The zero-order valence-electron chi connectivity index (χ0n) is 14.6. The van der Waals surface area contributed by atoms with Crippen molar-refractivity contribution < 1.29 is 19.5 Å². The molecule has 0 spiro atoms. The molecular weight excluding hydrogens is 368 g/mol. The van der Waals surface area contributed by atoms with Gasteiger partial charge in [0.05, 0.1) is 17.5 Å². The number of nitrogens with zero attached hydrogens (tertiary/aromatic N) is 1. The molecule has 1 aromatic carbocycles. The van der Waals surface area contributed by atoms with Crippen molar-refractivity contribution in [2.24, 2.45) is 35.5 Å². The van der Waals surface area contributed by atoms with Crippen LogP contribution in [0.3, 0.4) is 0 Å². The lowest BCUT2D eigenvalue weighted by Gasteiger charge is -2.37. The third-order valence-corrected chi connectivity index (χ3v) is 6.92. The van der Waals surface area contributed by atoms with Crippen LogP contribution < -0.4 is 5.32 Å². The van der Waals surface area contributed by atoms with Gasteiger partial charge in [0.1, 0.15) is 11.8 Å². The maximum absolute atomic E-state index is 13.0. The van der Waals surface area contributed by atoms with Crippen LogP contribution in [0.5, 0.6) is 5.75 Å². The number of likely N-dealkylation sites (tertiary alicyclic amines) is 1. The molecule has 2 N–H and O–H groups in total. The summed E-state index contributed by atoms with van der Waals surface area (Å²) in [6.07, 6.45) is 5.30. The predicted molar refractivity (Wildman–Crippen MR) is 97.8 cm³/mol. The zero-order valence-corrected chi connectivity index (χ0v) is 15.4. The Morgan fingerprint density at radius 3 is 2.33 bits per heavy atom. The summed E-state index contributed by atoms with van der Waals surface area (Å²) in [6, 6.07) is 3.39. The lowest BCUT2D eigenvalue weighted by molar-refractivity contribution is -0.146. The fraction of sp³-hybridized carbons (Fsp3) is 0.450. The van der Waals surface area contributed by atoms with Crippen LogP contribution >= 0.6 is 11.6 Å². The lowest BCUT2D eigenvalue weighted by atomic mass is 9.63. The van der Waals surface area contributed by atoms with Gasteiger partial charge in [-0.25, -0.2) is 0 Å². The van der Waals surface area contributed by atoms with Gasteiger partial charge in [0.15, 0.2) is 0 Å². The molecule has 1 aliphatic heterocycles. The Hall–Kier alpha value is -2.34. The minimum Gasteiger partial charge on any atom is -0.506 e. The zero-order chi connectivity index (χ0) is 19.0. The van der Waals surface area contributed by atoms with Crippen LogP contribution in [0.15, 0.2) is 30.4 Å². The fourth-order valence-corrected chi connectivity index (χ4v) is 5.49. The Kier molecular flexibility index (Phi) is 3.47. The Labute approximate surface area is 161 Å². The number of hydrogen-bond donors (Lipinski definition) is 2. The fourth-order valence-electron chi connectivity index (χ4n) is 5.33. The van der Waals surface area contributed by atoms with Crippen molar-refractivity contribution in [3.8, 4) is 5.75 Å². The molecule has 6 nitrogen and oxygen atoms in total. The maximum atomic E-state index is 13.0.